The Balaban J connectivity index is 2.07. The second kappa shape index (κ2) is 6.75. The molecule has 0 aliphatic rings. The summed E-state index contributed by atoms with van der Waals surface area (Å²) in [6.45, 7) is 0.350. The molecule has 2 aromatic carbocycles. The molecule has 0 amide bonds. The van der Waals surface area contributed by atoms with E-state index in [0.717, 1.165) is 5.56 Å². The summed E-state index contributed by atoms with van der Waals surface area (Å²) in [7, 11) is 0. The minimum Gasteiger partial charge on any atom is -0.507 e. The molecule has 21 heavy (non-hydrogen) atoms. The number of ether oxygens (including phenoxy) is 1. The number of aliphatic hydroxyl groups is 2. The smallest absolute Gasteiger partial charge is 0.170 e. The lowest BCUT2D eigenvalue weighted by molar-refractivity contribution is 0.0511. The summed E-state index contributed by atoms with van der Waals surface area (Å²) in [6.07, 6.45) is -3.05. The number of hydrogen-bond donors (Lipinski definition) is 3. The van der Waals surface area contributed by atoms with Gasteiger partial charge in [-0.25, -0.2) is 0 Å². The van der Waals surface area contributed by atoms with Crippen molar-refractivity contribution < 1.29 is 20.1 Å². The Kier molecular flexibility index (Phi) is 4.77. The molecule has 5 heteroatoms. The van der Waals surface area contributed by atoms with E-state index in [1.54, 1.807) is 6.07 Å². The van der Waals surface area contributed by atoms with E-state index in [9.17, 15) is 15.3 Å². The molecule has 0 aliphatic carbocycles. The van der Waals surface area contributed by atoms with Gasteiger partial charge in [0, 0.05) is 11.6 Å². The molecular formula is C16H15NO4. The van der Waals surface area contributed by atoms with Crippen molar-refractivity contribution in [3.63, 3.8) is 0 Å². The van der Waals surface area contributed by atoms with Gasteiger partial charge in [0.25, 0.3) is 0 Å². The van der Waals surface area contributed by atoms with Crippen LogP contribution in [0.25, 0.3) is 0 Å². The summed E-state index contributed by atoms with van der Waals surface area (Å²) < 4.78 is 5.53. The van der Waals surface area contributed by atoms with Gasteiger partial charge >= 0.3 is 0 Å². The summed E-state index contributed by atoms with van der Waals surface area (Å²) in [5.41, 5.74) is 1.07. The Hall–Kier alpha value is -2.55. The van der Waals surface area contributed by atoms with Gasteiger partial charge in [-0.05, 0) is 17.7 Å². The highest BCUT2D eigenvalue weighted by Crippen LogP contribution is 2.30. The number of phenolic OH excluding ortho intramolecular Hbond substituents is 1. The molecule has 0 aliphatic heterocycles. The van der Waals surface area contributed by atoms with Crippen molar-refractivity contribution in [2.24, 2.45) is 0 Å². The third-order valence-electron chi connectivity index (χ3n) is 3.00. The Morgan fingerprint density at radius 3 is 2.43 bits per heavy atom. The minimum atomic E-state index is -1.59. The fourth-order valence-electron chi connectivity index (χ4n) is 1.84. The van der Waals surface area contributed by atoms with Crippen LogP contribution in [-0.4, -0.2) is 21.4 Å². The van der Waals surface area contributed by atoms with E-state index in [0.29, 0.717) is 12.4 Å². The van der Waals surface area contributed by atoms with Crippen LogP contribution in [-0.2, 0) is 6.61 Å². The van der Waals surface area contributed by atoms with Gasteiger partial charge in [0.15, 0.2) is 6.10 Å². The van der Waals surface area contributed by atoms with Gasteiger partial charge in [-0.1, -0.05) is 30.3 Å². The van der Waals surface area contributed by atoms with Gasteiger partial charge < -0.3 is 20.1 Å². The Bertz CT molecular complexity index is 636. The van der Waals surface area contributed by atoms with E-state index in [-0.39, 0.29) is 11.3 Å². The Morgan fingerprint density at radius 2 is 1.81 bits per heavy atom. The van der Waals surface area contributed by atoms with Crippen molar-refractivity contribution in [3.05, 3.63) is 59.7 Å². The largest absolute Gasteiger partial charge is 0.507 e. The maximum Gasteiger partial charge on any atom is 0.170 e. The quantitative estimate of drug-likeness (QED) is 0.729. The van der Waals surface area contributed by atoms with Gasteiger partial charge in [-0.3, -0.25) is 0 Å². The van der Waals surface area contributed by atoms with Crippen molar-refractivity contribution in [1.82, 2.24) is 0 Å². The maximum atomic E-state index is 9.84. The zero-order chi connectivity index (χ0) is 15.2. The third kappa shape index (κ3) is 3.72. The number of nitriles is 1. The van der Waals surface area contributed by atoms with Crippen LogP contribution in [0.15, 0.2) is 48.5 Å². The van der Waals surface area contributed by atoms with Crippen molar-refractivity contribution in [1.29, 1.82) is 5.26 Å². The predicted molar refractivity (Wildman–Crippen MR) is 75.5 cm³/mol. The monoisotopic (exact) mass is 285 g/mol. The lowest BCUT2D eigenvalue weighted by atomic mass is 10.0. The van der Waals surface area contributed by atoms with E-state index < -0.39 is 12.2 Å². The van der Waals surface area contributed by atoms with E-state index in [4.69, 9.17) is 10.00 Å². The average molecular weight is 285 g/mol. The second-order valence-electron chi connectivity index (χ2n) is 4.51. The van der Waals surface area contributed by atoms with Crippen molar-refractivity contribution in [2.45, 2.75) is 18.8 Å². The maximum absolute atomic E-state index is 9.84. The van der Waals surface area contributed by atoms with Crippen LogP contribution < -0.4 is 4.74 Å². The Morgan fingerprint density at radius 1 is 1.10 bits per heavy atom. The van der Waals surface area contributed by atoms with Gasteiger partial charge in [-0.15, -0.1) is 0 Å². The van der Waals surface area contributed by atoms with Crippen LogP contribution in [0.4, 0.5) is 0 Å². The zero-order valence-electron chi connectivity index (χ0n) is 11.2. The summed E-state index contributed by atoms with van der Waals surface area (Å²) in [6, 6.07) is 15.4. The first-order valence-electron chi connectivity index (χ1n) is 6.37. The molecule has 0 aromatic heterocycles. The lowest BCUT2D eigenvalue weighted by Crippen LogP contribution is -2.15. The molecule has 2 unspecified atom stereocenters. The molecule has 2 aromatic rings. The van der Waals surface area contributed by atoms with Crippen LogP contribution in [0.3, 0.4) is 0 Å². The molecule has 5 nitrogen and oxygen atoms in total. The highest BCUT2D eigenvalue weighted by Gasteiger charge is 2.21. The molecule has 108 valence electrons. The van der Waals surface area contributed by atoms with Crippen LogP contribution in [0.5, 0.6) is 11.5 Å². The number of aliphatic hydroxyl groups excluding tert-OH is 2. The molecule has 0 radical (unpaired) electrons. The molecule has 0 heterocycles. The second-order valence-corrected chi connectivity index (χ2v) is 4.51. The molecular weight excluding hydrogens is 270 g/mol. The molecule has 3 N–H and O–H groups in total. The van der Waals surface area contributed by atoms with E-state index in [1.165, 1.54) is 18.2 Å². The van der Waals surface area contributed by atoms with Crippen molar-refractivity contribution in [2.75, 3.05) is 0 Å². The zero-order valence-corrected chi connectivity index (χ0v) is 11.2. The number of phenols is 1. The first kappa shape index (κ1) is 14.9. The summed E-state index contributed by atoms with van der Waals surface area (Å²) >= 11 is 0. The SMILES string of the molecule is N#CC(O)C(O)c1ccc(OCc2ccccc2)cc1O. The van der Waals surface area contributed by atoms with Crippen molar-refractivity contribution >= 4 is 0 Å². The molecule has 0 fully saturated rings. The summed E-state index contributed by atoms with van der Waals surface area (Å²) in [5, 5.41) is 37.4. The number of aromatic hydroxyl groups is 1. The van der Waals surface area contributed by atoms with Crippen LogP contribution in [0.1, 0.15) is 17.2 Å². The molecule has 0 bridgehead atoms. The van der Waals surface area contributed by atoms with Gasteiger partial charge in [0.2, 0.25) is 0 Å². The van der Waals surface area contributed by atoms with Gasteiger partial charge in [0.1, 0.15) is 24.2 Å². The van der Waals surface area contributed by atoms with E-state index >= 15 is 0 Å². The van der Waals surface area contributed by atoms with E-state index in [1.807, 2.05) is 30.3 Å². The number of nitrogens with zero attached hydrogens (tertiary/aromatic N) is 1. The fraction of sp³-hybridized carbons (Fsp3) is 0.188. The Labute approximate surface area is 122 Å². The first-order chi connectivity index (χ1) is 10.1. The molecule has 0 saturated carbocycles. The first-order valence-corrected chi connectivity index (χ1v) is 6.37. The minimum absolute atomic E-state index is 0.0797. The van der Waals surface area contributed by atoms with Gasteiger partial charge in [0.05, 0.1) is 6.07 Å². The normalized spacial score (nSPS) is 13.2. The van der Waals surface area contributed by atoms with Crippen LogP contribution >= 0.6 is 0 Å². The van der Waals surface area contributed by atoms with E-state index in [2.05, 4.69) is 0 Å². The molecule has 2 rings (SSSR count). The number of hydrogen-bond acceptors (Lipinski definition) is 5. The van der Waals surface area contributed by atoms with Crippen LogP contribution in [0.2, 0.25) is 0 Å². The topological polar surface area (TPSA) is 93.7 Å². The molecule has 2 atom stereocenters. The highest BCUT2D eigenvalue weighted by atomic mass is 16.5. The standard InChI is InChI=1S/C16H15NO4/c17-9-15(19)16(20)13-7-6-12(8-14(13)18)21-10-11-4-2-1-3-5-11/h1-8,15-16,18-20H,10H2. The number of benzene rings is 2. The predicted octanol–water partition coefficient (Wildman–Crippen LogP) is 1.89. The third-order valence-corrected chi connectivity index (χ3v) is 3.00. The van der Waals surface area contributed by atoms with Crippen molar-refractivity contribution in [3.8, 4) is 17.6 Å². The fourth-order valence-corrected chi connectivity index (χ4v) is 1.84. The average Bonchev–Trinajstić information content (AvgIpc) is 2.52. The molecule has 0 saturated heterocycles. The van der Waals surface area contributed by atoms with Gasteiger partial charge in [-0.2, -0.15) is 5.26 Å². The molecule has 0 spiro atoms. The lowest BCUT2D eigenvalue weighted by Gasteiger charge is -2.14. The highest BCUT2D eigenvalue weighted by molar-refractivity contribution is 5.41. The summed E-state index contributed by atoms with van der Waals surface area (Å²) in [5.74, 6) is 0.195. The summed E-state index contributed by atoms with van der Waals surface area (Å²) in [4.78, 5) is 0. The number of rotatable bonds is 5. The van der Waals surface area contributed by atoms with Crippen LogP contribution in [0, 0.1) is 11.3 Å².